The molecule has 4 aliphatic heterocycles. The first-order valence-electron chi connectivity index (χ1n) is 35.7. The first kappa shape index (κ1) is 75.3. The smallest absolute Gasteiger partial charge is 0.320 e. The lowest BCUT2D eigenvalue weighted by Gasteiger charge is -2.57. The van der Waals surface area contributed by atoms with Crippen molar-refractivity contribution in [3.8, 4) is 0 Å². The summed E-state index contributed by atoms with van der Waals surface area (Å²) in [5.41, 5.74) is -2.65. The van der Waals surface area contributed by atoms with Gasteiger partial charge in [-0.25, -0.2) is 0 Å². The Kier molecular flexibility index (Phi) is 23.6. The number of rotatable bonds is 36. The minimum absolute atomic E-state index is 0.0788. The molecule has 8 fully saturated rings. The molecular weight excluding hydrogens is 1240 g/mol. The Labute approximate surface area is 555 Å². The van der Waals surface area contributed by atoms with Crippen LogP contribution in [0.4, 0.5) is 0 Å². The number of methoxy groups -OCH3 is 2. The monoisotopic (exact) mass is 1360 g/mol. The lowest BCUT2D eigenvalue weighted by atomic mass is 9.47. The average Bonchev–Trinajstić information content (AvgIpc) is 1.48. The standard InChI is InChI=1S/C70H120O18Si4/c1-23-89(24-2,25-3)85-61-47(37-51(79-45(17)71)69-43(15)53-55(69)49(81-65(69)75)39-67(53,19)87-91(29-7,30-8)31-9)59(83-63(61)77-21)57(73)41(13)35-36-42(14)58(74)60-48(62(64(78-22)84-60)86-90(26-4,27-5)28-6)38-52(80-46(18)72)70-44(16)54-56(70)50(82-66(70)76)40-68(54,20)88-92(32-10,33-11)34-12/h35-36,41-42,47-64,73-74H,15-16,23-34,37-40H2,1-14,17-22H3/b36-35+/t41?,42?,47-,48-,49+,50+,51-,52-,53+,54+,55+,56+,57?,58?,59+,60+,61-,62?,63-,64-,67+,68+,69+,70+/m1/s1. The molecule has 524 valence electrons. The quantitative estimate of drug-likeness (QED) is 0.0258. The SMILES string of the molecule is C=C1[C@H]2[C@@H]3[C@H](C[C@]2(C)O[Si](CC)(CC)CC)OC(=O)[C@]13[C@@H](C[C@H]1[C@@H](O[Si](CC)(CC)CC)[C@H](OC)O[C@@H]1C(O)C(C)/C=C/C(C)C(O)[C@H]1O[C@@H](OC)C(O[Si](CC)(CC)CC)[C@@H]1C[C@@H](OC(C)=O)[C@@]12C(=C)[C@H]3[C@@H]1[C@H](C[C@]3(C)O[Si](CC)(CC)CC)OC2=O)OC(C)=O. The van der Waals surface area contributed by atoms with Crippen LogP contribution in [-0.4, -0.2) is 166 Å². The summed E-state index contributed by atoms with van der Waals surface area (Å²) in [5.74, 6) is -5.64. The first-order valence-corrected chi connectivity index (χ1v) is 45.9. The molecule has 22 heteroatoms. The van der Waals surface area contributed by atoms with Gasteiger partial charge in [0, 0.05) is 88.3 Å². The fraction of sp³-hybridized carbons (Fsp3) is 0.857. The van der Waals surface area contributed by atoms with Gasteiger partial charge in [-0.1, -0.05) is 122 Å². The van der Waals surface area contributed by atoms with Gasteiger partial charge in [0.15, 0.2) is 45.8 Å². The van der Waals surface area contributed by atoms with Crippen molar-refractivity contribution in [1.29, 1.82) is 0 Å². The maximum absolute atomic E-state index is 14.8. The summed E-state index contributed by atoms with van der Waals surface area (Å²) in [7, 11) is -6.08. The molecule has 8 aliphatic rings. The number of aliphatic hydroxyl groups is 2. The van der Waals surface area contributed by atoms with Gasteiger partial charge in [-0.15, -0.1) is 0 Å². The molecule has 0 aromatic heterocycles. The minimum Gasteiger partial charge on any atom is -0.461 e. The highest BCUT2D eigenvalue weighted by atomic mass is 28.4. The number of esters is 4. The Bertz CT molecular complexity index is 2470. The molecule has 8 rings (SSSR count). The van der Waals surface area contributed by atoms with E-state index in [-0.39, 0.29) is 36.5 Å². The van der Waals surface area contributed by atoms with Crippen LogP contribution < -0.4 is 0 Å². The molecule has 92 heavy (non-hydrogen) atoms. The van der Waals surface area contributed by atoms with Gasteiger partial charge in [0.25, 0.3) is 0 Å². The number of carbonyl (C=O) groups is 4. The molecule has 2 N–H and O–H groups in total. The maximum Gasteiger partial charge on any atom is 0.320 e. The average molecular weight is 1360 g/mol. The molecule has 4 heterocycles. The lowest BCUT2D eigenvalue weighted by molar-refractivity contribution is -0.178. The van der Waals surface area contributed by atoms with Gasteiger partial charge >= 0.3 is 23.9 Å². The van der Waals surface area contributed by atoms with Crippen LogP contribution >= 0.6 is 0 Å². The Morgan fingerprint density at radius 1 is 0.543 bits per heavy atom. The van der Waals surface area contributed by atoms with Crippen molar-refractivity contribution in [2.24, 2.45) is 58.2 Å². The van der Waals surface area contributed by atoms with Gasteiger partial charge in [0.2, 0.25) is 0 Å². The third-order valence-electron chi connectivity index (χ3n) is 25.9. The van der Waals surface area contributed by atoms with Crippen molar-refractivity contribution in [3.05, 3.63) is 36.5 Å². The molecule has 0 aromatic carbocycles. The van der Waals surface area contributed by atoms with E-state index < -0.39 is 176 Å². The summed E-state index contributed by atoms with van der Waals surface area (Å²) in [5, 5.41) is 25.9. The van der Waals surface area contributed by atoms with Gasteiger partial charge in [0.05, 0.1) is 35.6 Å². The van der Waals surface area contributed by atoms with Crippen LogP contribution in [0, 0.1) is 58.2 Å². The predicted molar refractivity (Wildman–Crippen MR) is 362 cm³/mol. The van der Waals surface area contributed by atoms with E-state index in [1.165, 1.54) is 13.8 Å². The van der Waals surface area contributed by atoms with Gasteiger partial charge in [-0.3, -0.25) is 19.2 Å². The molecule has 4 saturated heterocycles. The first-order chi connectivity index (χ1) is 43.4. The third-order valence-corrected chi connectivity index (χ3v) is 44.7. The summed E-state index contributed by atoms with van der Waals surface area (Å²) in [6.45, 7) is 46.3. The summed E-state index contributed by atoms with van der Waals surface area (Å²) in [6, 6.07) is 10.6. The van der Waals surface area contributed by atoms with Gasteiger partial charge in [-0.05, 0) is 110 Å². The second-order valence-corrected chi connectivity index (χ2v) is 48.4. The largest absolute Gasteiger partial charge is 0.461 e. The highest BCUT2D eigenvalue weighted by Crippen LogP contribution is 2.75. The van der Waals surface area contributed by atoms with Crippen molar-refractivity contribution in [1.82, 2.24) is 0 Å². The van der Waals surface area contributed by atoms with E-state index in [9.17, 15) is 29.4 Å². The van der Waals surface area contributed by atoms with Crippen molar-refractivity contribution >= 4 is 57.1 Å². The normalized spacial score (nSPS) is 37.7. The van der Waals surface area contributed by atoms with Crippen LogP contribution in [0.5, 0.6) is 0 Å². The summed E-state index contributed by atoms with van der Waals surface area (Å²) in [6.07, 6.45) is -5.60. The summed E-state index contributed by atoms with van der Waals surface area (Å²) < 4.78 is 81.0. The number of carbonyl (C=O) groups excluding carboxylic acids is 4. The zero-order valence-electron chi connectivity index (χ0n) is 59.9. The van der Waals surface area contributed by atoms with Crippen molar-refractivity contribution in [2.75, 3.05) is 14.2 Å². The lowest BCUT2D eigenvalue weighted by Crippen LogP contribution is -2.64. The highest BCUT2D eigenvalue weighted by molar-refractivity contribution is 6.75. The van der Waals surface area contributed by atoms with Crippen LogP contribution in [0.25, 0.3) is 0 Å². The van der Waals surface area contributed by atoms with Crippen molar-refractivity contribution in [3.63, 3.8) is 0 Å². The summed E-state index contributed by atoms with van der Waals surface area (Å²) >= 11 is 0. The topological polar surface area (TPSA) is 219 Å². The molecule has 24 atom stereocenters. The van der Waals surface area contributed by atoms with Gasteiger partial charge in [0.1, 0.15) is 47.5 Å². The predicted octanol–water partition coefficient (Wildman–Crippen LogP) is 12.7. The fourth-order valence-electron chi connectivity index (χ4n) is 19.6. The Hall–Kier alpha value is -2.43. The van der Waals surface area contributed by atoms with E-state index >= 15 is 0 Å². The van der Waals surface area contributed by atoms with Gasteiger partial charge < -0.3 is 65.8 Å². The number of hydrogen-bond acceptors (Lipinski definition) is 18. The minimum atomic E-state index is -2.45. The zero-order valence-corrected chi connectivity index (χ0v) is 63.9. The number of hydrogen-bond donors (Lipinski definition) is 2. The van der Waals surface area contributed by atoms with Crippen LogP contribution in [-0.2, 0) is 74.8 Å². The molecule has 18 nitrogen and oxygen atoms in total. The van der Waals surface area contributed by atoms with Crippen molar-refractivity contribution < 1.29 is 85.0 Å². The molecule has 5 unspecified atom stereocenters. The number of ether oxygens (including phenoxy) is 8. The van der Waals surface area contributed by atoms with E-state index in [4.69, 9.17) is 55.6 Å². The second kappa shape index (κ2) is 28.8. The van der Waals surface area contributed by atoms with Crippen LogP contribution in [0.2, 0.25) is 72.5 Å². The highest BCUT2D eigenvalue weighted by Gasteiger charge is 2.83. The molecular formula is C70H120O18Si4. The maximum atomic E-state index is 14.8. The second-order valence-electron chi connectivity index (χ2n) is 29.5. The molecule has 0 amide bonds. The molecule has 0 radical (unpaired) electrons. The Balaban J connectivity index is 1.11. The van der Waals surface area contributed by atoms with E-state index in [2.05, 4.69) is 110 Å². The van der Waals surface area contributed by atoms with E-state index in [0.717, 1.165) is 72.5 Å². The Morgan fingerprint density at radius 3 is 1.10 bits per heavy atom. The van der Waals surface area contributed by atoms with Crippen LogP contribution in [0.3, 0.4) is 0 Å². The van der Waals surface area contributed by atoms with Crippen LogP contribution in [0.1, 0.15) is 150 Å². The Morgan fingerprint density at radius 2 is 0.837 bits per heavy atom. The van der Waals surface area contributed by atoms with E-state index in [0.29, 0.717) is 24.0 Å². The van der Waals surface area contributed by atoms with Crippen LogP contribution in [0.15, 0.2) is 36.5 Å². The van der Waals surface area contributed by atoms with Crippen molar-refractivity contribution in [2.45, 2.75) is 308 Å². The molecule has 4 saturated carbocycles. The zero-order chi connectivity index (χ0) is 68.2. The molecule has 0 aromatic rings. The van der Waals surface area contributed by atoms with Gasteiger partial charge in [-0.2, -0.15) is 0 Å². The molecule has 0 spiro atoms. The molecule has 4 aliphatic carbocycles. The van der Waals surface area contributed by atoms with E-state index in [1.54, 1.807) is 14.2 Å². The third kappa shape index (κ3) is 12.3. The van der Waals surface area contributed by atoms with E-state index in [1.807, 2.05) is 26.0 Å². The summed E-state index contributed by atoms with van der Waals surface area (Å²) in [4.78, 5) is 56.6. The number of aliphatic hydroxyl groups excluding tert-OH is 2. The fourth-order valence-corrected chi connectivity index (χ4v) is 31.6. The molecule has 0 bridgehead atoms.